The SMILES string of the molecule is CN1CCN(C(=O)[C@H](CCCC(=O)CC2C[C@H]2c2ccc(F)cc2)NC(=O)c2ccc(F)cc2)CC1. The van der Waals surface area contributed by atoms with Crippen LogP contribution in [0.3, 0.4) is 0 Å². The van der Waals surface area contributed by atoms with Crippen LogP contribution >= 0.6 is 0 Å². The first kappa shape index (κ1) is 25.9. The zero-order valence-corrected chi connectivity index (χ0v) is 20.6. The quantitative estimate of drug-likeness (QED) is 0.543. The fourth-order valence-electron chi connectivity index (χ4n) is 4.84. The van der Waals surface area contributed by atoms with Crippen LogP contribution in [0.1, 0.15) is 53.9 Å². The minimum absolute atomic E-state index is 0.139. The Bertz CT molecular complexity index is 1070. The summed E-state index contributed by atoms with van der Waals surface area (Å²) in [6.07, 6.45) is 2.58. The summed E-state index contributed by atoms with van der Waals surface area (Å²) < 4.78 is 26.4. The molecule has 2 aromatic carbocycles. The van der Waals surface area contributed by atoms with Crippen LogP contribution in [0, 0.1) is 17.6 Å². The van der Waals surface area contributed by atoms with Crippen molar-refractivity contribution in [3.8, 4) is 0 Å². The molecule has 192 valence electrons. The standard InChI is InChI=1S/C28H33F2N3O3/c1-32-13-15-33(16-14-32)28(36)26(31-27(35)20-7-11-23(30)12-8-20)4-2-3-24(34)17-21-18-25(21)19-5-9-22(29)10-6-19/h5-12,21,25-26H,2-4,13-18H2,1H3,(H,31,35)/t21?,25-,26-/m0/s1. The number of rotatable bonds is 10. The molecule has 8 heteroatoms. The minimum atomic E-state index is -0.744. The lowest BCUT2D eigenvalue weighted by Crippen LogP contribution is -2.54. The second kappa shape index (κ2) is 11.7. The van der Waals surface area contributed by atoms with Crippen LogP contribution in [0.25, 0.3) is 0 Å². The number of Topliss-reactive ketones (excluding diaryl/α,β-unsaturated/α-hetero) is 1. The zero-order chi connectivity index (χ0) is 25.7. The van der Waals surface area contributed by atoms with Gasteiger partial charge < -0.3 is 15.1 Å². The summed E-state index contributed by atoms with van der Waals surface area (Å²) >= 11 is 0. The van der Waals surface area contributed by atoms with Crippen molar-refractivity contribution in [3.63, 3.8) is 0 Å². The number of likely N-dealkylation sites (N-methyl/N-ethyl adjacent to an activating group) is 1. The third-order valence-corrected chi connectivity index (χ3v) is 7.18. The van der Waals surface area contributed by atoms with Gasteiger partial charge in [0, 0.05) is 44.6 Å². The van der Waals surface area contributed by atoms with E-state index in [9.17, 15) is 23.2 Å². The van der Waals surface area contributed by atoms with Crippen LogP contribution < -0.4 is 5.32 Å². The van der Waals surface area contributed by atoms with Gasteiger partial charge in [0.25, 0.3) is 5.91 Å². The van der Waals surface area contributed by atoms with Crippen LogP contribution in [0.2, 0.25) is 0 Å². The lowest BCUT2D eigenvalue weighted by molar-refractivity contribution is -0.135. The average molecular weight is 498 g/mol. The molecule has 2 fully saturated rings. The Hall–Kier alpha value is -3.13. The van der Waals surface area contributed by atoms with Crippen molar-refractivity contribution in [2.24, 2.45) is 5.92 Å². The predicted octanol–water partition coefficient (Wildman–Crippen LogP) is 3.77. The Balaban J connectivity index is 1.30. The number of amides is 2. The number of hydrogen-bond acceptors (Lipinski definition) is 4. The third-order valence-electron chi connectivity index (χ3n) is 7.18. The van der Waals surface area contributed by atoms with Crippen molar-refractivity contribution in [1.29, 1.82) is 0 Å². The summed E-state index contributed by atoms with van der Waals surface area (Å²) in [5.74, 6) is -0.564. The smallest absolute Gasteiger partial charge is 0.251 e. The van der Waals surface area contributed by atoms with E-state index in [1.54, 1.807) is 17.0 Å². The van der Waals surface area contributed by atoms with Gasteiger partial charge in [-0.3, -0.25) is 14.4 Å². The first-order chi connectivity index (χ1) is 17.3. The van der Waals surface area contributed by atoms with E-state index in [1.165, 1.54) is 36.4 Å². The van der Waals surface area contributed by atoms with Gasteiger partial charge in [-0.2, -0.15) is 0 Å². The number of carbonyl (C=O) groups is 3. The Labute approximate surface area is 210 Å². The molecule has 2 aromatic rings. The molecule has 4 rings (SSSR count). The molecule has 2 aliphatic rings. The van der Waals surface area contributed by atoms with E-state index < -0.39 is 17.8 Å². The van der Waals surface area contributed by atoms with Gasteiger partial charge in [-0.15, -0.1) is 0 Å². The van der Waals surface area contributed by atoms with Crippen molar-refractivity contribution < 1.29 is 23.2 Å². The fraction of sp³-hybridized carbons (Fsp3) is 0.464. The molecule has 0 aromatic heterocycles. The summed E-state index contributed by atoms with van der Waals surface area (Å²) in [5, 5.41) is 2.81. The van der Waals surface area contributed by atoms with Crippen molar-refractivity contribution in [2.45, 2.75) is 44.1 Å². The largest absolute Gasteiger partial charge is 0.340 e. The first-order valence-corrected chi connectivity index (χ1v) is 12.6. The molecular formula is C28H33F2N3O3. The lowest BCUT2D eigenvalue weighted by atomic mass is 10.0. The lowest BCUT2D eigenvalue weighted by Gasteiger charge is -2.34. The molecule has 1 aliphatic heterocycles. The predicted molar refractivity (Wildman–Crippen MR) is 132 cm³/mol. The second-order valence-corrected chi connectivity index (χ2v) is 9.95. The van der Waals surface area contributed by atoms with Gasteiger partial charge >= 0.3 is 0 Å². The van der Waals surface area contributed by atoms with E-state index in [0.717, 1.165) is 25.1 Å². The molecule has 1 heterocycles. The minimum Gasteiger partial charge on any atom is -0.340 e. The Morgan fingerprint density at radius 3 is 2.19 bits per heavy atom. The highest BCUT2D eigenvalue weighted by Crippen LogP contribution is 2.49. The maximum absolute atomic E-state index is 13.2. The number of ketones is 1. The van der Waals surface area contributed by atoms with Gasteiger partial charge in [-0.05, 0) is 80.1 Å². The van der Waals surface area contributed by atoms with Gasteiger partial charge in [0.2, 0.25) is 5.91 Å². The Kier molecular flexibility index (Phi) is 8.46. The summed E-state index contributed by atoms with van der Waals surface area (Å²) in [5.41, 5.74) is 1.35. The summed E-state index contributed by atoms with van der Waals surface area (Å²) in [6.45, 7) is 2.70. The van der Waals surface area contributed by atoms with Crippen LogP contribution in [0.4, 0.5) is 8.78 Å². The molecule has 0 bridgehead atoms. The summed E-state index contributed by atoms with van der Waals surface area (Å²) in [7, 11) is 2.00. The van der Waals surface area contributed by atoms with Crippen LogP contribution in [-0.4, -0.2) is 66.7 Å². The molecular weight excluding hydrogens is 464 g/mol. The number of nitrogens with zero attached hydrogens (tertiary/aromatic N) is 2. The molecule has 0 radical (unpaired) electrons. The van der Waals surface area contributed by atoms with E-state index in [-0.39, 0.29) is 29.0 Å². The monoisotopic (exact) mass is 497 g/mol. The summed E-state index contributed by atoms with van der Waals surface area (Å²) in [4.78, 5) is 42.5. The normalized spacial score (nSPS) is 20.6. The van der Waals surface area contributed by atoms with Crippen molar-refractivity contribution >= 4 is 17.6 Å². The number of hydrogen-bond donors (Lipinski definition) is 1. The number of halogens is 2. The molecule has 1 saturated heterocycles. The Morgan fingerprint density at radius 2 is 1.56 bits per heavy atom. The number of carbonyl (C=O) groups excluding carboxylic acids is 3. The molecule has 0 spiro atoms. The number of nitrogens with one attached hydrogen (secondary N) is 1. The van der Waals surface area contributed by atoms with Crippen LogP contribution in [-0.2, 0) is 9.59 Å². The van der Waals surface area contributed by atoms with Gasteiger partial charge in [0.05, 0.1) is 0 Å². The average Bonchev–Trinajstić information content (AvgIpc) is 3.63. The molecule has 36 heavy (non-hydrogen) atoms. The summed E-state index contributed by atoms with van der Waals surface area (Å²) in [6, 6.07) is 10.9. The van der Waals surface area contributed by atoms with Crippen molar-refractivity contribution in [3.05, 3.63) is 71.3 Å². The molecule has 1 N–H and O–H groups in total. The molecule has 3 atom stereocenters. The van der Waals surface area contributed by atoms with Crippen molar-refractivity contribution in [1.82, 2.24) is 15.1 Å². The Morgan fingerprint density at radius 1 is 0.944 bits per heavy atom. The van der Waals surface area contributed by atoms with Gasteiger partial charge in [0.15, 0.2) is 0 Å². The maximum Gasteiger partial charge on any atom is 0.251 e. The second-order valence-electron chi connectivity index (χ2n) is 9.95. The van der Waals surface area contributed by atoms with Crippen molar-refractivity contribution in [2.75, 3.05) is 33.2 Å². The first-order valence-electron chi connectivity index (χ1n) is 12.6. The van der Waals surface area contributed by atoms with E-state index in [4.69, 9.17) is 0 Å². The molecule has 1 saturated carbocycles. The third kappa shape index (κ3) is 6.97. The highest BCUT2D eigenvalue weighted by atomic mass is 19.1. The molecule has 1 unspecified atom stereocenters. The van der Waals surface area contributed by atoms with Gasteiger partial charge in [-0.1, -0.05) is 12.1 Å². The van der Waals surface area contributed by atoms with Gasteiger partial charge in [-0.25, -0.2) is 8.78 Å². The fourth-order valence-corrected chi connectivity index (χ4v) is 4.84. The highest BCUT2D eigenvalue weighted by Gasteiger charge is 2.39. The maximum atomic E-state index is 13.2. The van der Waals surface area contributed by atoms with Gasteiger partial charge in [0.1, 0.15) is 23.5 Å². The topological polar surface area (TPSA) is 69.7 Å². The highest BCUT2D eigenvalue weighted by molar-refractivity contribution is 5.97. The van der Waals surface area contributed by atoms with E-state index in [0.29, 0.717) is 44.7 Å². The van der Waals surface area contributed by atoms with E-state index >= 15 is 0 Å². The number of benzene rings is 2. The number of piperazine rings is 1. The zero-order valence-electron chi connectivity index (χ0n) is 20.6. The molecule has 6 nitrogen and oxygen atoms in total. The van der Waals surface area contributed by atoms with E-state index in [1.807, 2.05) is 7.05 Å². The molecule has 1 aliphatic carbocycles. The molecule has 2 amide bonds. The van der Waals surface area contributed by atoms with Crippen LogP contribution in [0.5, 0.6) is 0 Å². The van der Waals surface area contributed by atoms with Crippen LogP contribution in [0.15, 0.2) is 48.5 Å². The van der Waals surface area contributed by atoms with E-state index in [2.05, 4.69) is 10.2 Å².